The van der Waals surface area contributed by atoms with E-state index in [0.29, 0.717) is 26.1 Å². The molecule has 0 aromatic carbocycles. The molecule has 3 N–H and O–H groups in total. The molecule has 18 heavy (non-hydrogen) atoms. The van der Waals surface area contributed by atoms with E-state index >= 15 is 0 Å². The Morgan fingerprint density at radius 3 is 2.61 bits per heavy atom. The van der Waals surface area contributed by atoms with Crippen LogP contribution in [0.3, 0.4) is 0 Å². The Morgan fingerprint density at radius 1 is 1.39 bits per heavy atom. The molecule has 0 aromatic rings. The third-order valence-electron chi connectivity index (χ3n) is 3.09. The van der Waals surface area contributed by atoms with E-state index in [4.69, 9.17) is 10.5 Å². The van der Waals surface area contributed by atoms with Crippen molar-refractivity contribution >= 4 is 11.8 Å². The molecule has 0 spiro atoms. The number of methoxy groups -OCH3 is 1. The van der Waals surface area contributed by atoms with E-state index in [1.54, 1.807) is 4.90 Å². The van der Waals surface area contributed by atoms with Gasteiger partial charge in [0.1, 0.15) is 6.61 Å². The van der Waals surface area contributed by atoms with Crippen LogP contribution in [0.4, 0.5) is 0 Å². The maximum atomic E-state index is 11.6. The fraction of sp³-hybridized carbons (Fsp3) is 0.833. The summed E-state index contributed by atoms with van der Waals surface area (Å²) in [6.45, 7) is 2.04. The van der Waals surface area contributed by atoms with Crippen molar-refractivity contribution < 1.29 is 14.3 Å². The highest BCUT2D eigenvalue weighted by Gasteiger charge is 2.23. The summed E-state index contributed by atoms with van der Waals surface area (Å²) in [6, 6.07) is 0.182. The molecule has 0 atom stereocenters. The first-order chi connectivity index (χ1) is 8.67. The average Bonchev–Trinajstić information content (AvgIpc) is 2.37. The highest BCUT2D eigenvalue weighted by Crippen LogP contribution is 2.10. The van der Waals surface area contributed by atoms with E-state index in [1.165, 1.54) is 7.11 Å². The van der Waals surface area contributed by atoms with Crippen molar-refractivity contribution in [1.82, 2.24) is 10.2 Å². The molecule has 0 bridgehead atoms. The average molecular weight is 257 g/mol. The molecule has 0 unspecified atom stereocenters. The van der Waals surface area contributed by atoms with Crippen molar-refractivity contribution in [2.45, 2.75) is 31.7 Å². The van der Waals surface area contributed by atoms with Gasteiger partial charge in [-0.1, -0.05) is 0 Å². The van der Waals surface area contributed by atoms with Crippen LogP contribution in [0.25, 0.3) is 0 Å². The Balaban J connectivity index is 2.22. The molecular weight excluding hydrogens is 234 g/mol. The van der Waals surface area contributed by atoms with Gasteiger partial charge in [0.25, 0.3) is 0 Å². The van der Waals surface area contributed by atoms with E-state index in [-0.39, 0.29) is 24.5 Å². The molecule has 0 radical (unpaired) electrons. The number of likely N-dealkylation sites (tertiary alicyclic amines) is 1. The Morgan fingerprint density at radius 2 is 2.06 bits per heavy atom. The van der Waals surface area contributed by atoms with E-state index in [2.05, 4.69) is 5.32 Å². The van der Waals surface area contributed by atoms with Crippen LogP contribution in [-0.4, -0.2) is 56.1 Å². The second kappa shape index (κ2) is 8.05. The number of hydrogen-bond acceptors (Lipinski definition) is 4. The van der Waals surface area contributed by atoms with Gasteiger partial charge >= 0.3 is 0 Å². The van der Waals surface area contributed by atoms with Crippen LogP contribution in [0, 0.1) is 0 Å². The van der Waals surface area contributed by atoms with Crippen LogP contribution >= 0.6 is 0 Å². The molecule has 1 aliphatic heterocycles. The lowest BCUT2D eigenvalue weighted by Gasteiger charge is -2.32. The van der Waals surface area contributed by atoms with Crippen molar-refractivity contribution in [2.75, 3.05) is 33.4 Å². The minimum atomic E-state index is 0.0189. The van der Waals surface area contributed by atoms with Crippen LogP contribution in [0.2, 0.25) is 0 Å². The third-order valence-corrected chi connectivity index (χ3v) is 3.09. The van der Waals surface area contributed by atoms with Crippen molar-refractivity contribution in [3.8, 4) is 0 Å². The lowest BCUT2D eigenvalue weighted by molar-refractivity contribution is -0.136. The molecule has 1 fully saturated rings. The van der Waals surface area contributed by atoms with Gasteiger partial charge in [-0.15, -0.1) is 0 Å². The lowest BCUT2D eigenvalue weighted by Crippen LogP contribution is -2.47. The maximum absolute atomic E-state index is 11.6. The maximum Gasteiger partial charge on any atom is 0.248 e. The summed E-state index contributed by atoms with van der Waals surface area (Å²) in [7, 11) is 1.52. The summed E-state index contributed by atoms with van der Waals surface area (Å²) in [4.78, 5) is 24.9. The zero-order chi connectivity index (χ0) is 13.4. The standard InChI is InChI=1S/C12H23N3O3/c1-18-9-12(17)15-7-4-10(5-8-15)14-11(16)3-2-6-13/h10H,2-9,13H2,1H3,(H,14,16). The van der Waals surface area contributed by atoms with E-state index in [1.807, 2.05) is 0 Å². The molecular formula is C12H23N3O3. The molecule has 2 amide bonds. The van der Waals surface area contributed by atoms with Crippen LogP contribution in [0.5, 0.6) is 0 Å². The van der Waals surface area contributed by atoms with Crippen LogP contribution in [0.1, 0.15) is 25.7 Å². The monoisotopic (exact) mass is 257 g/mol. The first-order valence-corrected chi connectivity index (χ1v) is 6.43. The topological polar surface area (TPSA) is 84.7 Å². The summed E-state index contributed by atoms with van der Waals surface area (Å²) in [5.74, 6) is 0.0764. The molecule has 104 valence electrons. The number of nitrogens with zero attached hydrogens (tertiary/aromatic N) is 1. The number of amides is 2. The van der Waals surface area contributed by atoms with Crippen molar-refractivity contribution in [3.63, 3.8) is 0 Å². The quantitative estimate of drug-likeness (QED) is 0.670. The number of ether oxygens (including phenoxy) is 1. The Hall–Kier alpha value is -1.14. The van der Waals surface area contributed by atoms with Crippen LogP contribution in [-0.2, 0) is 14.3 Å². The van der Waals surface area contributed by atoms with Gasteiger partial charge in [0, 0.05) is 32.7 Å². The summed E-state index contributed by atoms with van der Waals surface area (Å²) in [5, 5.41) is 2.98. The third kappa shape index (κ3) is 5.01. The number of carbonyl (C=O) groups excluding carboxylic acids is 2. The number of hydrogen-bond donors (Lipinski definition) is 2. The van der Waals surface area contributed by atoms with Gasteiger partial charge in [-0.25, -0.2) is 0 Å². The number of nitrogens with one attached hydrogen (secondary N) is 1. The largest absolute Gasteiger partial charge is 0.375 e. The Bertz CT molecular complexity index is 276. The molecule has 0 saturated carbocycles. The molecule has 1 saturated heterocycles. The highest BCUT2D eigenvalue weighted by molar-refractivity contribution is 5.78. The zero-order valence-electron chi connectivity index (χ0n) is 11.0. The zero-order valence-corrected chi connectivity index (χ0v) is 11.0. The van der Waals surface area contributed by atoms with E-state index in [9.17, 15) is 9.59 Å². The van der Waals surface area contributed by atoms with Gasteiger partial charge < -0.3 is 20.7 Å². The normalized spacial score (nSPS) is 16.7. The fourth-order valence-electron chi connectivity index (χ4n) is 2.05. The van der Waals surface area contributed by atoms with Crippen molar-refractivity contribution in [3.05, 3.63) is 0 Å². The van der Waals surface area contributed by atoms with Crippen LogP contribution in [0.15, 0.2) is 0 Å². The SMILES string of the molecule is COCC(=O)N1CCC(NC(=O)CCCN)CC1. The molecule has 6 nitrogen and oxygen atoms in total. The number of nitrogens with two attached hydrogens (primary N) is 1. The minimum Gasteiger partial charge on any atom is -0.375 e. The summed E-state index contributed by atoms with van der Waals surface area (Å²) in [5.41, 5.74) is 5.35. The predicted octanol–water partition coefficient (Wildman–Crippen LogP) is -0.521. The van der Waals surface area contributed by atoms with Crippen molar-refractivity contribution in [1.29, 1.82) is 0 Å². The van der Waals surface area contributed by atoms with E-state index < -0.39 is 0 Å². The second-order valence-electron chi connectivity index (χ2n) is 4.55. The molecule has 1 heterocycles. The van der Waals surface area contributed by atoms with Crippen molar-refractivity contribution in [2.24, 2.45) is 5.73 Å². The summed E-state index contributed by atoms with van der Waals surface area (Å²) >= 11 is 0. The van der Waals surface area contributed by atoms with Crippen LogP contribution < -0.4 is 11.1 Å². The second-order valence-corrected chi connectivity index (χ2v) is 4.55. The minimum absolute atomic E-state index is 0.0189. The van der Waals surface area contributed by atoms with Gasteiger partial charge in [0.15, 0.2) is 0 Å². The molecule has 1 aliphatic rings. The highest BCUT2D eigenvalue weighted by atomic mass is 16.5. The lowest BCUT2D eigenvalue weighted by atomic mass is 10.0. The van der Waals surface area contributed by atoms with Gasteiger partial charge in [-0.3, -0.25) is 9.59 Å². The Labute approximate surface area is 108 Å². The molecule has 1 rings (SSSR count). The van der Waals surface area contributed by atoms with Gasteiger partial charge in [-0.05, 0) is 25.8 Å². The first-order valence-electron chi connectivity index (χ1n) is 6.43. The molecule has 0 aliphatic carbocycles. The predicted molar refractivity (Wildman–Crippen MR) is 67.9 cm³/mol. The molecule has 6 heteroatoms. The summed E-state index contributed by atoms with van der Waals surface area (Å²) < 4.78 is 4.82. The first kappa shape index (κ1) is 14.9. The van der Waals surface area contributed by atoms with Gasteiger partial charge in [0.05, 0.1) is 0 Å². The Kier molecular flexibility index (Phi) is 6.67. The molecule has 0 aromatic heterocycles. The van der Waals surface area contributed by atoms with Gasteiger partial charge in [0.2, 0.25) is 11.8 Å². The van der Waals surface area contributed by atoms with E-state index in [0.717, 1.165) is 19.3 Å². The number of piperidine rings is 1. The number of carbonyl (C=O) groups is 2. The smallest absolute Gasteiger partial charge is 0.248 e. The summed E-state index contributed by atoms with van der Waals surface area (Å²) in [6.07, 6.45) is 2.82. The van der Waals surface area contributed by atoms with Gasteiger partial charge in [-0.2, -0.15) is 0 Å². The fourth-order valence-corrected chi connectivity index (χ4v) is 2.05. The number of rotatable bonds is 6.